The first kappa shape index (κ1) is 15.6. The number of furan rings is 1. The molecule has 0 aliphatic heterocycles. The molecular weight excluding hydrogens is 308 g/mol. The van der Waals surface area contributed by atoms with Gasteiger partial charge >= 0.3 is 0 Å². The molecular formula is C18H16N2O4. The molecule has 3 rings (SSSR count). The molecule has 1 aromatic carbocycles. The van der Waals surface area contributed by atoms with E-state index < -0.39 is 0 Å². The van der Waals surface area contributed by atoms with Gasteiger partial charge in [-0.25, -0.2) is 4.98 Å². The van der Waals surface area contributed by atoms with Crippen molar-refractivity contribution in [3.05, 3.63) is 72.3 Å². The fourth-order valence-electron chi connectivity index (χ4n) is 2.06. The van der Waals surface area contributed by atoms with Crippen molar-refractivity contribution in [3.8, 4) is 17.4 Å². The van der Waals surface area contributed by atoms with Crippen LogP contribution in [0.4, 0.5) is 0 Å². The number of carbonyl (C=O) groups excluding carboxylic acids is 1. The van der Waals surface area contributed by atoms with E-state index in [9.17, 15) is 4.79 Å². The Hall–Kier alpha value is -3.28. The van der Waals surface area contributed by atoms with Crippen LogP contribution in [-0.2, 0) is 6.54 Å². The molecule has 0 fully saturated rings. The molecule has 122 valence electrons. The van der Waals surface area contributed by atoms with E-state index in [2.05, 4.69) is 10.3 Å². The van der Waals surface area contributed by atoms with Gasteiger partial charge in [-0.05, 0) is 48.0 Å². The van der Waals surface area contributed by atoms with Crippen LogP contribution in [-0.4, -0.2) is 18.0 Å². The van der Waals surface area contributed by atoms with Crippen molar-refractivity contribution in [1.29, 1.82) is 0 Å². The highest BCUT2D eigenvalue weighted by molar-refractivity contribution is 5.91. The highest BCUT2D eigenvalue weighted by Crippen LogP contribution is 2.22. The summed E-state index contributed by atoms with van der Waals surface area (Å²) in [6, 6.07) is 14.1. The monoisotopic (exact) mass is 324 g/mol. The van der Waals surface area contributed by atoms with Crippen LogP contribution in [0.25, 0.3) is 0 Å². The van der Waals surface area contributed by atoms with Gasteiger partial charge in [-0.15, -0.1) is 0 Å². The Labute approximate surface area is 139 Å². The molecule has 2 heterocycles. The summed E-state index contributed by atoms with van der Waals surface area (Å²) in [6.45, 7) is 0.348. The zero-order chi connectivity index (χ0) is 16.8. The largest absolute Gasteiger partial charge is 0.497 e. The quantitative estimate of drug-likeness (QED) is 0.752. The highest BCUT2D eigenvalue weighted by atomic mass is 16.5. The number of rotatable bonds is 6. The van der Waals surface area contributed by atoms with Gasteiger partial charge in [-0.2, -0.15) is 0 Å². The smallest absolute Gasteiger partial charge is 0.287 e. The number of hydrogen-bond donors (Lipinski definition) is 1. The van der Waals surface area contributed by atoms with Crippen molar-refractivity contribution in [2.45, 2.75) is 6.54 Å². The van der Waals surface area contributed by atoms with Gasteiger partial charge in [0.05, 0.1) is 13.4 Å². The fourth-order valence-corrected chi connectivity index (χ4v) is 2.06. The summed E-state index contributed by atoms with van der Waals surface area (Å²) in [5.41, 5.74) is 0.869. The van der Waals surface area contributed by atoms with E-state index in [1.165, 1.54) is 6.26 Å². The second-order valence-corrected chi connectivity index (χ2v) is 4.94. The van der Waals surface area contributed by atoms with Crippen LogP contribution in [0.2, 0.25) is 0 Å². The van der Waals surface area contributed by atoms with Crippen molar-refractivity contribution in [3.63, 3.8) is 0 Å². The topological polar surface area (TPSA) is 73.6 Å². The minimum Gasteiger partial charge on any atom is -0.497 e. The van der Waals surface area contributed by atoms with Gasteiger partial charge in [-0.3, -0.25) is 4.79 Å². The maximum atomic E-state index is 11.9. The maximum Gasteiger partial charge on any atom is 0.287 e. The van der Waals surface area contributed by atoms with Gasteiger partial charge in [0, 0.05) is 18.8 Å². The summed E-state index contributed by atoms with van der Waals surface area (Å²) in [5.74, 6) is 1.86. The zero-order valence-corrected chi connectivity index (χ0v) is 13.1. The summed E-state index contributed by atoms with van der Waals surface area (Å²) in [7, 11) is 1.61. The number of aromatic nitrogens is 1. The highest BCUT2D eigenvalue weighted by Gasteiger charge is 2.08. The molecule has 0 atom stereocenters. The number of nitrogens with one attached hydrogen (secondary N) is 1. The van der Waals surface area contributed by atoms with E-state index in [0.717, 1.165) is 11.3 Å². The lowest BCUT2D eigenvalue weighted by Crippen LogP contribution is -2.22. The lowest BCUT2D eigenvalue weighted by atomic mass is 10.2. The zero-order valence-electron chi connectivity index (χ0n) is 13.1. The summed E-state index contributed by atoms with van der Waals surface area (Å²) in [6.07, 6.45) is 3.09. The predicted molar refractivity (Wildman–Crippen MR) is 87.2 cm³/mol. The first-order valence-electron chi connectivity index (χ1n) is 7.33. The van der Waals surface area contributed by atoms with E-state index in [1.807, 2.05) is 18.2 Å². The minimum absolute atomic E-state index is 0.269. The van der Waals surface area contributed by atoms with Crippen molar-refractivity contribution in [2.24, 2.45) is 0 Å². The van der Waals surface area contributed by atoms with Crippen molar-refractivity contribution in [1.82, 2.24) is 10.3 Å². The van der Waals surface area contributed by atoms with E-state index >= 15 is 0 Å². The molecule has 0 radical (unpaired) electrons. The molecule has 0 saturated heterocycles. The molecule has 2 aromatic heterocycles. The summed E-state index contributed by atoms with van der Waals surface area (Å²) in [4.78, 5) is 16.0. The van der Waals surface area contributed by atoms with Crippen molar-refractivity contribution in [2.75, 3.05) is 7.11 Å². The van der Waals surface area contributed by atoms with Gasteiger partial charge in [0.15, 0.2) is 5.76 Å². The summed E-state index contributed by atoms with van der Waals surface area (Å²) < 4.78 is 15.9. The second-order valence-electron chi connectivity index (χ2n) is 4.94. The van der Waals surface area contributed by atoms with Crippen LogP contribution in [0, 0.1) is 0 Å². The molecule has 0 aliphatic rings. The summed E-state index contributed by atoms with van der Waals surface area (Å²) in [5, 5.41) is 2.77. The summed E-state index contributed by atoms with van der Waals surface area (Å²) >= 11 is 0. The Balaban J connectivity index is 1.62. The molecule has 0 aliphatic carbocycles. The predicted octanol–water partition coefficient (Wildman–Crippen LogP) is 3.41. The van der Waals surface area contributed by atoms with Gasteiger partial charge in [0.25, 0.3) is 5.91 Å². The molecule has 1 N–H and O–H groups in total. The lowest BCUT2D eigenvalue weighted by Gasteiger charge is -2.08. The average Bonchev–Trinajstić information content (AvgIpc) is 3.15. The third-order valence-electron chi connectivity index (χ3n) is 3.28. The van der Waals surface area contributed by atoms with E-state index in [-0.39, 0.29) is 11.7 Å². The number of benzene rings is 1. The average molecular weight is 324 g/mol. The van der Waals surface area contributed by atoms with E-state index in [0.29, 0.717) is 18.2 Å². The molecule has 0 spiro atoms. The molecule has 1 amide bonds. The molecule has 0 saturated carbocycles. The van der Waals surface area contributed by atoms with Crippen LogP contribution in [0.3, 0.4) is 0 Å². The fraction of sp³-hybridized carbons (Fsp3) is 0.111. The molecule has 3 aromatic rings. The molecule has 0 bridgehead atoms. The number of hydrogen-bond acceptors (Lipinski definition) is 5. The number of pyridine rings is 1. The van der Waals surface area contributed by atoms with E-state index in [1.54, 1.807) is 43.6 Å². The minimum atomic E-state index is -0.269. The Morgan fingerprint density at radius 2 is 1.96 bits per heavy atom. The SMILES string of the molecule is COc1ccc(Oc2cc(CNC(=O)c3ccco3)ccn2)cc1. The number of amides is 1. The second kappa shape index (κ2) is 7.32. The first-order chi connectivity index (χ1) is 11.7. The standard InChI is InChI=1S/C18H16N2O4/c1-22-14-4-6-15(7-5-14)24-17-11-13(8-9-19-17)12-20-18(21)16-3-2-10-23-16/h2-11H,12H2,1H3,(H,20,21). The molecule has 0 unspecified atom stereocenters. The van der Waals surface area contributed by atoms with Crippen molar-refractivity contribution < 1.29 is 18.7 Å². The number of nitrogens with zero attached hydrogens (tertiary/aromatic N) is 1. The Morgan fingerprint density at radius 3 is 2.67 bits per heavy atom. The number of carbonyl (C=O) groups is 1. The third-order valence-corrected chi connectivity index (χ3v) is 3.28. The number of methoxy groups -OCH3 is 1. The van der Waals surface area contributed by atoms with Crippen LogP contribution < -0.4 is 14.8 Å². The van der Waals surface area contributed by atoms with E-state index in [4.69, 9.17) is 13.9 Å². The lowest BCUT2D eigenvalue weighted by molar-refractivity contribution is 0.0923. The number of ether oxygens (including phenoxy) is 2. The molecule has 6 heteroatoms. The van der Waals surface area contributed by atoms with Gasteiger partial charge in [0.2, 0.25) is 5.88 Å². The molecule has 24 heavy (non-hydrogen) atoms. The van der Waals surface area contributed by atoms with Crippen molar-refractivity contribution >= 4 is 5.91 Å². The van der Waals surface area contributed by atoms with Crippen LogP contribution in [0.5, 0.6) is 17.4 Å². The normalized spacial score (nSPS) is 10.2. The Bertz CT molecular complexity index is 798. The Morgan fingerprint density at radius 1 is 1.17 bits per heavy atom. The van der Waals surface area contributed by atoms with Crippen LogP contribution in [0.15, 0.2) is 65.4 Å². The van der Waals surface area contributed by atoms with Crippen LogP contribution >= 0.6 is 0 Å². The Kier molecular flexibility index (Phi) is 4.76. The van der Waals surface area contributed by atoms with Gasteiger partial charge in [0.1, 0.15) is 11.5 Å². The van der Waals surface area contributed by atoms with Gasteiger partial charge in [-0.1, -0.05) is 0 Å². The maximum absolute atomic E-state index is 11.9. The van der Waals surface area contributed by atoms with Crippen LogP contribution in [0.1, 0.15) is 16.1 Å². The molecule has 6 nitrogen and oxygen atoms in total. The first-order valence-corrected chi connectivity index (χ1v) is 7.33. The third kappa shape index (κ3) is 3.92. The van der Waals surface area contributed by atoms with Gasteiger partial charge < -0.3 is 19.2 Å².